The Hall–Kier alpha value is -3.04. The van der Waals surface area contributed by atoms with E-state index in [0.29, 0.717) is 17.7 Å². The molecule has 2 aromatic carbocycles. The number of amides is 1. The van der Waals surface area contributed by atoms with E-state index in [2.05, 4.69) is 10.0 Å². The highest BCUT2D eigenvalue weighted by atomic mass is 32.2. The molecule has 1 amide bonds. The van der Waals surface area contributed by atoms with Gasteiger partial charge in [-0.3, -0.25) is 9.59 Å². The summed E-state index contributed by atoms with van der Waals surface area (Å²) in [4.78, 5) is 35.6. The van der Waals surface area contributed by atoms with E-state index in [1.807, 2.05) is 0 Å². The lowest BCUT2D eigenvalue weighted by Gasteiger charge is -2.07. The molecule has 0 aliphatic carbocycles. The summed E-state index contributed by atoms with van der Waals surface area (Å²) in [5.41, 5.74) is 1.03. The maximum atomic E-state index is 12.2. The van der Waals surface area contributed by atoms with Crippen LogP contribution in [0.4, 0.5) is 5.69 Å². The summed E-state index contributed by atoms with van der Waals surface area (Å²) in [6, 6.07) is 11.5. The summed E-state index contributed by atoms with van der Waals surface area (Å²) in [5, 5.41) is 2.67. The molecule has 0 atom stereocenters. The van der Waals surface area contributed by atoms with Crippen LogP contribution >= 0.6 is 0 Å². The second kappa shape index (κ2) is 9.94. The number of anilines is 1. The fraction of sp³-hybridized carbons (Fsp3) is 0.250. The maximum Gasteiger partial charge on any atom is 0.338 e. The van der Waals surface area contributed by atoms with Gasteiger partial charge in [-0.05, 0) is 48.5 Å². The molecule has 0 unspecified atom stereocenters. The first-order chi connectivity index (χ1) is 13.8. The van der Waals surface area contributed by atoms with Gasteiger partial charge in [0, 0.05) is 24.2 Å². The van der Waals surface area contributed by atoms with Gasteiger partial charge in [-0.1, -0.05) is 13.8 Å². The average Bonchev–Trinajstić information content (AvgIpc) is 2.72. The van der Waals surface area contributed by atoms with Gasteiger partial charge in [0.2, 0.25) is 15.9 Å². The molecule has 29 heavy (non-hydrogen) atoms. The number of nitrogens with one attached hydrogen (secondary N) is 2. The zero-order chi connectivity index (χ0) is 21.4. The van der Waals surface area contributed by atoms with Crippen LogP contribution in [0.15, 0.2) is 53.4 Å². The van der Waals surface area contributed by atoms with E-state index in [1.54, 1.807) is 26.0 Å². The second-order valence-corrected chi connectivity index (χ2v) is 7.77. The summed E-state index contributed by atoms with van der Waals surface area (Å²) >= 11 is 0. The van der Waals surface area contributed by atoms with Crippen LogP contribution in [0.3, 0.4) is 0 Å². The number of ether oxygens (including phenoxy) is 1. The normalized spacial score (nSPS) is 11.0. The molecule has 9 heteroatoms. The van der Waals surface area contributed by atoms with Crippen molar-refractivity contribution in [2.45, 2.75) is 25.2 Å². The van der Waals surface area contributed by atoms with Crippen molar-refractivity contribution in [1.29, 1.82) is 0 Å². The maximum absolute atomic E-state index is 12.2. The summed E-state index contributed by atoms with van der Waals surface area (Å²) in [6.45, 7) is 3.18. The lowest BCUT2D eigenvalue weighted by molar-refractivity contribution is -0.115. The molecule has 0 aliphatic heterocycles. The number of Topliss-reactive ketones (excluding diaryl/α,β-unsaturated/α-hetero) is 1. The van der Waals surface area contributed by atoms with Crippen molar-refractivity contribution in [3.05, 3.63) is 59.7 Å². The molecule has 2 aromatic rings. The van der Waals surface area contributed by atoms with E-state index in [1.165, 1.54) is 36.4 Å². The van der Waals surface area contributed by atoms with Crippen LogP contribution in [0.2, 0.25) is 0 Å². The van der Waals surface area contributed by atoms with Crippen molar-refractivity contribution < 1.29 is 27.5 Å². The Balaban J connectivity index is 1.94. The zero-order valence-corrected chi connectivity index (χ0v) is 16.9. The van der Waals surface area contributed by atoms with Gasteiger partial charge in [-0.15, -0.1) is 0 Å². The number of hydrogen-bond acceptors (Lipinski definition) is 6. The standard InChI is InChI=1S/C20H22N2O6S/c1-3-19(24)22-16-9-5-14(6-10-16)18(23)13-28-20(25)15-7-11-17(12-8-15)29(26,27)21-4-2/h5-12,21H,3-4,13H2,1-2H3,(H,22,24). The smallest absolute Gasteiger partial charge is 0.338 e. The van der Waals surface area contributed by atoms with Gasteiger partial charge < -0.3 is 10.1 Å². The largest absolute Gasteiger partial charge is 0.454 e. The molecule has 0 saturated carbocycles. The van der Waals surface area contributed by atoms with Crippen molar-refractivity contribution in [1.82, 2.24) is 4.72 Å². The topological polar surface area (TPSA) is 119 Å². The molecule has 0 aliphatic rings. The Bertz CT molecular complexity index is 983. The molecule has 2 N–H and O–H groups in total. The number of ketones is 1. The average molecular weight is 418 g/mol. The molecule has 0 bridgehead atoms. The van der Waals surface area contributed by atoms with Crippen molar-refractivity contribution in [3.8, 4) is 0 Å². The molecule has 0 aromatic heterocycles. The van der Waals surface area contributed by atoms with Gasteiger partial charge in [0.1, 0.15) is 0 Å². The summed E-state index contributed by atoms with van der Waals surface area (Å²) in [6.07, 6.45) is 0.346. The molecule has 0 fully saturated rings. The van der Waals surface area contributed by atoms with Crippen molar-refractivity contribution in [2.75, 3.05) is 18.5 Å². The first-order valence-corrected chi connectivity index (χ1v) is 10.4. The van der Waals surface area contributed by atoms with Crippen molar-refractivity contribution >= 4 is 33.4 Å². The monoisotopic (exact) mass is 418 g/mol. The Morgan fingerprint density at radius 3 is 2.03 bits per heavy atom. The molecule has 2 rings (SSSR count). The van der Waals surface area contributed by atoms with Gasteiger partial charge in [-0.25, -0.2) is 17.9 Å². The van der Waals surface area contributed by atoms with Crippen LogP contribution in [-0.2, 0) is 19.6 Å². The number of benzene rings is 2. The second-order valence-electron chi connectivity index (χ2n) is 6.00. The third-order valence-electron chi connectivity index (χ3n) is 3.88. The first kappa shape index (κ1) is 22.3. The molecular formula is C20H22N2O6S. The number of hydrogen-bond donors (Lipinski definition) is 2. The summed E-state index contributed by atoms with van der Waals surface area (Å²) in [7, 11) is -3.61. The molecule has 0 saturated heterocycles. The molecule has 0 radical (unpaired) electrons. The van der Waals surface area contributed by atoms with Gasteiger partial charge in [-0.2, -0.15) is 0 Å². The van der Waals surface area contributed by atoms with E-state index in [0.717, 1.165) is 0 Å². The number of sulfonamides is 1. The van der Waals surface area contributed by atoms with E-state index in [-0.39, 0.29) is 22.9 Å². The van der Waals surface area contributed by atoms with Gasteiger partial charge in [0.25, 0.3) is 0 Å². The van der Waals surface area contributed by atoms with E-state index >= 15 is 0 Å². The number of rotatable bonds is 9. The third kappa shape index (κ3) is 6.23. The van der Waals surface area contributed by atoms with E-state index < -0.39 is 28.4 Å². The quantitative estimate of drug-likeness (QED) is 0.477. The minimum Gasteiger partial charge on any atom is -0.454 e. The SMILES string of the molecule is CCNS(=O)(=O)c1ccc(C(=O)OCC(=O)c2ccc(NC(=O)CC)cc2)cc1. The molecule has 8 nitrogen and oxygen atoms in total. The van der Waals surface area contributed by atoms with Crippen LogP contribution in [0.1, 0.15) is 41.0 Å². The van der Waals surface area contributed by atoms with Crippen LogP contribution in [0.25, 0.3) is 0 Å². The molecule has 154 valence electrons. The highest BCUT2D eigenvalue weighted by Crippen LogP contribution is 2.13. The highest BCUT2D eigenvalue weighted by Gasteiger charge is 2.15. The minimum absolute atomic E-state index is 0.0298. The van der Waals surface area contributed by atoms with Crippen molar-refractivity contribution in [3.63, 3.8) is 0 Å². The lowest BCUT2D eigenvalue weighted by Crippen LogP contribution is -2.23. The van der Waals surface area contributed by atoms with E-state index in [4.69, 9.17) is 4.74 Å². The molecule has 0 spiro atoms. The van der Waals surface area contributed by atoms with Gasteiger partial charge >= 0.3 is 5.97 Å². The van der Waals surface area contributed by atoms with E-state index in [9.17, 15) is 22.8 Å². The van der Waals surface area contributed by atoms with Gasteiger partial charge in [0.05, 0.1) is 10.5 Å². The number of carbonyl (C=O) groups excluding carboxylic acids is 3. The van der Waals surface area contributed by atoms with Crippen LogP contribution in [-0.4, -0.2) is 39.2 Å². The summed E-state index contributed by atoms with van der Waals surface area (Å²) < 4.78 is 31.1. The Morgan fingerprint density at radius 2 is 1.48 bits per heavy atom. The number of carbonyl (C=O) groups is 3. The molecule has 0 heterocycles. The number of esters is 1. The Labute approximate surface area is 169 Å². The fourth-order valence-corrected chi connectivity index (χ4v) is 3.37. The predicted octanol–water partition coefficient (Wildman–Crippen LogP) is 2.37. The Morgan fingerprint density at radius 1 is 0.897 bits per heavy atom. The van der Waals surface area contributed by atoms with Crippen LogP contribution < -0.4 is 10.0 Å². The predicted molar refractivity (Wildman–Crippen MR) is 107 cm³/mol. The summed E-state index contributed by atoms with van der Waals surface area (Å²) in [5.74, 6) is -1.28. The van der Waals surface area contributed by atoms with Crippen molar-refractivity contribution in [2.24, 2.45) is 0 Å². The highest BCUT2D eigenvalue weighted by molar-refractivity contribution is 7.89. The minimum atomic E-state index is -3.61. The van der Waals surface area contributed by atoms with Gasteiger partial charge in [0.15, 0.2) is 12.4 Å². The van der Waals surface area contributed by atoms with Crippen LogP contribution in [0, 0.1) is 0 Å². The fourth-order valence-electron chi connectivity index (χ4n) is 2.33. The lowest BCUT2D eigenvalue weighted by atomic mass is 10.1. The molecular weight excluding hydrogens is 396 g/mol. The zero-order valence-electron chi connectivity index (χ0n) is 16.1. The first-order valence-electron chi connectivity index (χ1n) is 8.96. The Kier molecular flexibility index (Phi) is 7.63. The third-order valence-corrected chi connectivity index (χ3v) is 5.44. The van der Waals surface area contributed by atoms with Crippen LogP contribution in [0.5, 0.6) is 0 Å².